The van der Waals surface area contributed by atoms with Crippen molar-refractivity contribution in [3.63, 3.8) is 0 Å². The normalized spacial score (nSPS) is 9.88. The minimum absolute atomic E-state index is 0.108. The number of anilines is 1. The van der Waals surface area contributed by atoms with Gasteiger partial charge in [-0.15, -0.1) is 0 Å². The van der Waals surface area contributed by atoms with Gasteiger partial charge in [0, 0.05) is 25.2 Å². The Hall–Kier alpha value is -3.02. The second-order valence-electron chi connectivity index (χ2n) is 5.12. The van der Waals surface area contributed by atoms with E-state index in [4.69, 9.17) is 4.74 Å². The number of hydrogen-bond donors (Lipinski definition) is 3. The van der Waals surface area contributed by atoms with E-state index in [2.05, 4.69) is 16.0 Å². The number of carbonyl (C=O) groups is 2. The molecule has 0 bridgehead atoms. The first-order valence-corrected chi connectivity index (χ1v) is 7.67. The monoisotopic (exact) mass is 327 g/mol. The number of benzene rings is 2. The Bertz CT molecular complexity index is 657. The first-order valence-electron chi connectivity index (χ1n) is 7.67. The number of hydrogen-bond acceptors (Lipinski definition) is 3. The van der Waals surface area contributed by atoms with Crippen molar-refractivity contribution in [2.75, 3.05) is 19.0 Å². The lowest BCUT2D eigenvalue weighted by Crippen LogP contribution is -2.33. The molecule has 0 aliphatic rings. The van der Waals surface area contributed by atoms with Gasteiger partial charge < -0.3 is 20.7 Å². The van der Waals surface area contributed by atoms with Crippen molar-refractivity contribution in [3.05, 3.63) is 60.2 Å². The molecule has 3 N–H and O–H groups in total. The molecule has 0 saturated carbocycles. The molecule has 0 aliphatic carbocycles. The largest absolute Gasteiger partial charge is 0.497 e. The van der Waals surface area contributed by atoms with E-state index in [1.54, 1.807) is 31.4 Å². The quantitative estimate of drug-likeness (QED) is 0.731. The van der Waals surface area contributed by atoms with Gasteiger partial charge in [-0.05, 0) is 29.8 Å². The van der Waals surface area contributed by atoms with Crippen LogP contribution in [0.25, 0.3) is 0 Å². The van der Waals surface area contributed by atoms with Gasteiger partial charge in [0.05, 0.1) is 7.11 Å². The standard InChI is InChI=1S/C18H21N3O3/c1-24-16-9-7-15(8-10-16)21-18(23)19-12-11-17(22)20-13-14-5-3-2-4-6-14/h2-10H,11-13H2,1H3,(H,20,22)(H2,19,21,23). The number of carbonyl (C=O) groups excluding carboxylic acids is 2. The maximum Gasteiger partial charge on any atom is 0.319 e. The van der Waals surface area contributed by atoms with Crippen LogP contribution in [0.5, 0.6) is 5.75 Å². The summed E-state index contributed by atoms with van der Waals surface area (Å²) in [5.74, 6) is 0.611. The molecule has 2 aromatic carbocycles. The second-order valence-corrected chi connectivity index (χ2v) is 5.12. The topological polar surface area (TPSA) is 79.5 Å². The molecule has 0 radical (unpaired) electrons. The Labute approximate surface area is 141 Å². The van der Waals surface area contributed by atoms with Gasteiger partial charge in [0.15, 0.2) is 0 Å². The van der Waals surface area contributed by atoms with Crippen LogP contribution < -0.4 is 20.7 Å². The van der Waals surface area contributed by atoms with E-state index in [1.165, 1.54) is 0 Å². The molecule has 24 heavy (non-hydrogen) atoms. The van der Waals surface area contributed by atoms with Gasteiger partial charge in [0.1, 0.15) is 5.75 Å². The Morgan fingerprint density at radius 1 is 0.958 bits per heavy atom. The van der Waals surface area contributed by atoms with Gasteiger partial charge >= 0.3 is 6.03 Å². The lowest BCUT2D eigenvalue weighted by molar-refractivity contribution is -0.121. The van der Waals surface area contributed by atoms with Gasteiger partial charge in [0.25, 0.3) is 0 Å². The molecular formula is C18H21N3O3. The summed E-state index contributed by atoms with van der Waals surface area (Å²) in [5.41, 5.74) is 1.69. The van der Waals surface area contributed by atoms with Crippen molar-refractivity contribution < 1.29 is 14.3 Å². The molecule has 6 nitrogen and oxygen atoms in total. The van der Waals surface area contributed by atoms with Gasteiger partial charge in [-0.2, -0.15) is 0 Å². The molecule has 126 valence electrons. The van der Waals surface area contributed by atoms with E-state index in [1.807, 2.05) is 30.3 Å². The van der Waals surface area contributed by atoms with Gasteiger partial charge in [-0.25, -0.2) is 4.79 Å². The van der Waals surface area contributed by atoms with Crippen molar-refractivity contribution in [1.82, 2.24) is 10.6 Å². The fourth-order valence-electron chi connectivity index (χ4n) is 2.02. The summed E-state index contributed by atoms with van der Waals surface area (Å²) in [7, 11) is 1.58. The number of rotatable bonds is 7. The zero-order valence-electron chi connectivity index (χ0n) is 13.5. The fraction of sp³-hybridized carbons (Fsp3) is 0.222. The lowest BCUT2D eigenvalue weighted by atomic mass is 10.2. The zero-order valence-corrected chi connectivity index (χ0v) is 13.5. The van der Waals surface area contributed by atoms with Crippen LogP contribution in [-0.4, -0.2) is 25.6 Å². The molecule has 0 aromatic heterocycles. The highest BCUT2D eigenvalue weighted by atomic mass is 16.5. The average Bonchev–Trinajstić information content (AvgIpc) is 2.61. The summed E-state index contributed by atoms with van der Waals surface area (Å²) in [6, 6.07) is 16.3. The van der Waals surface area contributed by atoms with Crippen LogP contribution in [0.1, 0.15) is 12.0 Å². The molecule has 3 amide bonds. The van der Waals surface area contributed by atoms with Crippen molar-refractivity contribution >= 4 is 17.6 Å². The van der Waals surface area contributed by atoms with Crippen LogP contribution in [0.3, 0.4) is 0 Å². The summed E-state index contributed by atoms with van der Waals surface area (Å²) in [5, 5.41) is 8.14. The third-order valence-corrected chi connectivity index (χ3v) is 3.32. The predicted molar refractivity (Wildman–Crippen MR) is 92.9 cm³/mol. The Morgan fingerprint density at radius 2 is 1.67 bits per heavy atom. The number of ether oxygens (including phenoxy) is 1. The third kappa shape index (κ3) is 6.00. The van der Waals surface area contributed by atoms with E-state index in [0.29, 0.717) is 12.2 Å². The van der Waals surface area contributed by atoms with Gasteiger partial charge in [-0.1, -0.05) is 30.3 Å². The molecular weight excluding hydrogens is 306 g/mol. The fourth-order valence-corrected chi connectivity index (χ4v) is 2.02. The maximum absolute atomic E-state index is 11.7. The molecule has 0 spiro atoms. The Kier molecular flexibility index (Phi) is 6.64. The lowest BCUT2D eigenvalue weighted by Gasteiger charge is -2.09. The highest BCUT2D eigenvalue weighted by Crippen LogP contribution is 2.14. The molecule has 0 unspecified atom stereocenters. The first kappa shape index (κ1) is 17.3. The molecule has 6 heteroatoms. The Balaban J connectivity index is 1.63. The van der Waals surface area contributed by atoms with Crippen LogP contribution in [0.4, 0.5) is 10.5 Å². The molecule has 0 atom stereocenters. The summed E-state index contributed by atoms with van der Waals surface area (Å²) >= 11 is 0. The smallest absolute Gasteiger partial charge is 0.319 e. The molecule has 0 aliphatic heterocycles. The number of methoxy groups -OCH3 is 1. The number of nitrogens with one attached hydrogen (secondary N) is 3. The van der Waals surface area contributed by atoms with E-state index in [-0.39, 0.29) is 24.9 Å². The van der Waals surface area contributed by atoms with E-state index < -0.39 is 0 Å². The summed E-state index contributed by atoms with van der Waals surface area (Å²) in [6.45, 7) is 0.750. The Morgan fingerprint density at radius 3 is 2.33 bits per heavy atom. The van der Waals surface area contributed by atoms with E-state index >= 15 is 0 Å². The van der Waals surface area contributed by atoms with Crippen LogP contribution in [0.2, 0.25) is 0 Å². The summed E-state index contributed by atoms with van der Waals surface area (Å²) in [4.78, 5) is 23.5. The van der Waals surface area contributed by atoms with Gasteiger partial charge in [0.2, 0.25) is 5.91 Å². The van der Waals surface area contributed by atoms with Crippen molar-refractivity contribution in [3.8, 4) is 5.75 Å². The van der Waals surface area contributed by atoms with Crippen molar-refractivity contribution in [2.24, 2.45) is 0 Å². The average molecular weight is 327 g/mol. The van der Waals surface area contributed by atoms with Crippen LogP contribution in [0, 0.1) is 0 Å². The number of amides is 3. The van der Waals surface area contributed by atoms with Crippen LogP contribution in [-0.2, 0) is 11.3 Å². The minimum atomic E-state index is -0.351. The maximum atomic E-state index is 11.7. The molecule has 0 saturated heterocycles. The van der Waals surface area contributed by atoms with E-state index in [9.17, 15) is 9.59 Å². The zero-order chi connectivity index (χ0) is 17.2. The molecule has 2 rings (SSSR count). The third-order valence-electron chi connectivity index (χ3n) is 3.32. The van der Waals surface area contributed by atoms with Crippen molar-refractivity contribution in [2.45, 2.75) is 13.0 Å². The minimum Gasteiger partial charge on any atom is -0.497 e. The summed E-state index contributed by atoms with van der Waals surface area (Å²) in [6.07, 6.45) is 0.225. The van der Waals surface area contributed by atoms with Crippen molar-refractivity contribution in [1.29, 1.82) is 0 Å². The highest BCUT2D eigenvalue weighted by Gasteiger charge is 2.04. The highest BCUT2D eigenvalue weighted by molar-refractivity contribution is 5.89. The second kappa shape index (κ2) is 9.19. The van der Waals surface area contributed by atoms with Gasteiger partial charge in [-0.3, -0.25) is 4.79 Å². The molecule has 2 aromatic rings. The van der Waals surface area contributed by atoms with Crippen LogP contribution >= 0.6 is 0 Å². The molecule has 0 fully saturated rings. The predicted octanol–water partition coefficient (Wildman–Crippen LogP) is 2.52. The summed E-state index contributed by atoms with van der Waals surface area (Å²) < 4.78 is 5.05. The number of urea groups is 1. The molecule has 0 heterocycles. The van der Waals surface area contributed by atoms with E-state index in [0.717, 1.165) is 11.3 Å². The first-order chi connectivity index (χ1) is 11.7. The van der Waals surface area contributed by atoms with Crippen LogP contribution in [0.15, 0.2) is 54.6 Å². The SMILES string of the molecule is COc1ccc(NC(=O)NCCC(=O)NCc2ccccc2)cc1.